The van der Waals surface area contributed by atoms with Crippen molar-refractivity contribution in [3.8, 4) is 11.3 Å². The molecule has 0 unspecified atom stereocenters. The molecule has 3 N–H and O–H groups in total. The Kier molecular flexibility index (Phi) is 6.25. The second kappa shape index (κ2) is 9.25. The largest absolute Gasteiger partial charge is 0.368 e. The smallest absolute Gasteiger partial charge is 0.148 e. The molecular weight excluding hydrogens is 412 g/mol. The lowest BCUT2D eigenvalue weighted by atomic mass is 9.65. The summed E-state index contributed by atoms with van der Waals surface area (Å²) in [5.41, 5.74) is 9.19. The van der Waals surface area contributed by atoms with Gasteiger partial charge in [-0.2, -0.15) is 0 Å². The summed E-state index contributed by atoms with van der Waals surface area (Å²) in [5, 5.41) is 11.7. The number of nitrogens with one attached hydrogen (secondary N) is 3. The van der Waals surface area contributed by atoms with Gasteiger partial charge in [0.25, 0.3) is 0 Å². The fourth-order valence-corrected chi connectivity index (χ4v) is 3.96. The summed E-state index contributed by atoms with van der Waals surface area (Å²) in [6.45, 7) is 2.33. The predicted octanol–water partition coefficient (Wildman–Crippen LogP) is 4.04. The molecule has 1 aromatic carbocycles. The quantitative estimate of drug-likeness (QED) is 0.280. The van der Waals surface area contributed by atoms with Gasteiger partial charge in [-0.05, 0) is 61.7 Å². The SMILES string of the molecule is CN=CNNc1ccc(-c2ccc(NCC3(c4ncccc4F)CC(F)C3)nn2)cc1C. The standard InChI is InChI=1S/C23H25F2N7/c1-15-10-16(5-6-19(15)30-29-14-26-2)20-7-8-21(32-31-20)28-13-23(11-17(24)12-23)22-18(25)4-3-9-27-22/h3-10,14,17,30H,11-13H2,1-2H3,(H,26,29)(H,28,32). The zero-order valence-electron chi connectivity index (χ0n) is 17.9. The van der Waals surface area contributed by atoms with E-state index in [9.17, 15) is 8.78 Å². The van der Waals surface area contributed by atoms with Crippen LogP contribution in [0.15, 0.2) is 53.7 Å². The highest BCUT2D eigenvalue weighted by Crippen LogP contribution is 2.45. The first-order chi connectivity index (χ1) is 15.5. The molecule has 0 radical (unpaired) electrons. The van der Waals surface area contributed by atoms with E-state index < -0.39 is 17.4 Å². The molecule has 4 rings (SSSR count). The molecule has 0 bridgehead atoms. The molecule has 1 saturated carbocycles. The molecule has 166 valence electrons. The van der Waals surface area contributed by atoms with Gasteiger partial charge in [-0.1, -0.05) is 6.07 Å². The molecule has 0 spiro atoms. The molecule has 1 aliphatic rings. The van der Waals surface area contributed by atoms with Crippen LogP contribution in [0.3, 0.4) is 0 Å². The first kappa shape index (κ1) is 21.6. The number of anilines is 2. The number of aromatic nitrogens is 3. The van der Waals surface area contributed by atoms with E-state index in [4.69, 9.17) is 0 Å². The summed E-state index contributed by atoms with van der Waals surface area (Å²) in [4.78, 5) is 8.03. The number of hydrogen-bond donors (Lipinski definition) is 3. The van der Waals surface area contributed by atoms with Crippen molar-refractivity contribution in [2.75, 3.05) is 24.3 Å². The third-order valence-electron chi connectivity index (χ3n) is 5.68. The Morgan fingerprint density at radius 1 is 1.19 bits per heavy atom. The Balaban J connectivity index is 1.44. The van der Waals surface area contributed by atoms with E-state index in [1.165, 1.54) is 18.3 Å². The van der Waals surface area contributed by atoms with E-state index in [1.54, 1.807) is 13.4 Å². The lowest BCUT2D eigenvalue weighted by Gasteiger charge is -2.44. The highest BCUT2D eigenvalue weighted by atomic mass is 19.1. The van der Waals surface area contributed by atoms with Crippen LogP contribution in [-0.4, -0.2) is 41.3 Å². The minimum Gasteiger partial charge on any atom is -0.368 e. The maximum atomic E-state index is 14.3. The number of nitrogens with zero attached hydrogens (tertiary/aromatic N) is 4. The zero-order chi connectivity index (χ0) is 22.6. The van der Waals surface area contributed by atoms with Crippen molar-refractivity contribution in [1.82, 2.24) is 20.6 Å². The van der Waals surface area contributed by atoms with Gasteiger partial charge >= 0.3 is 0 Å². The van der Waals surface area contributed by atoms with E-state index in [1.807, 2.05) is 37.3 Å². The second-order valence-corrected chi connectivity index (χ2v) is 7.96. The molecule has 0 amide bonds. The highest BCUT2D eigenvalue weighted by Gasteiger charge is 2.48. The second-order valence-electron chi connectivity index (χ2n) is 7.96. The van der Waals surface area contributed by atoms with Crippen molar-refractivity contribution in [2.45, 2.75) is 31.4 Å². The number of aliphatic imine (C=N–C) groups is 1. The van der Waals surface area contributed by atoms with Crippen molar-refractivity contribution in [3.05, 3.63) is 65.7 Å². The molecule has 1 aliphatic carbocycles. The van der Waals surface area contributed by atoms with Crippen LogP contribution in [0.2, 0.25) is 0 Å². The molecule has 2 aromatic heterocycles. The predicted molar refractivity (Wildman–Crippen MR) is 122 cm³/mol. The van der Waals surface area contributed by atoms with Crippen LogP contribution in [0, 0.1) is 12.7 Å². The maximum absolute atomic E-state index is 14.3. The van der Waals surface area contributed by atoms with Gasteiger partial charge in [-0.3, -0.25) is 20.8 Å². The number of hydrogen-bond acceptors (Lipinski definition) is 6. The Hall–Kier alpha value is -3.62. The first-order valence-electron chi connectivity index (χ1n) is 10.4. The van der Waals surface area contributed by atoms with Crippen molar-refractivity contribution >= 4 is 17.8 Å². The Morgan fingerprint density at radius 3 is 2.69 bits per heavy atom. The summed E-state index contributed by atoms with van der Waals surface area (Å²) in [6.07, 6.45) is 2.62. The van der Waals surface area contributed by atoms with Crippen LogP contribution in [0.1, 0.15) is 24.1 Å². The van der Waals surface area contributed by atoms with Gasteiger partial charge in [0.1, 0.15) is 24.1 Å². The minimum atomic E-state index is -0.947. The monoisotopic (exact) mass is 437 g/mol. The number of pyridine rings is 1. The summed E-state index contributed by atoms with van der Waals surface area (Å²) in [6, 6.07) is 12.5. The average Bonchev–Trinajstić information content (AvgIpc) is 2.78. The number of alkyl halides is 1. The molecule has 0 atom stereocenters. The van der Waals surface area contributed by atoms with Crippen LogP contribution in [-0.2, 0) is 5.41 Å². The lowest BCUT2D eigenvalue weighted by Crippen LogP contribution is -2.49. The molecule has 2 heterocycles. The van der Waals surface area contributed by atoms with Crippen molar-refractivity contribution in [2.24, 2.45) is 4.99 Å². The molecule has 9 heteroatoms. The van der Waals surface area contributed by atoms with Gasteiger partial charge in [-0.25, -0.2) is 8.78 Å². The van der Waals surface area contributed by atoms with Gasteiger partial charge in [0.05, 0.1) is 17.1 Å². The van der Waals surface area contributed by atoms with Gasteiger partial charge in [0.15, 0.2) is 0 Å². The molecule has 0 aliphatic heterocycles. The fraction of sp³-hybridized carbons (Fsp3) is 0.304. The summed E-state index contributed by atoms with van der Waals surface area (Å²) in [5.74, 6) is 0.137. The zero-order valence-corrected chi connectivity index (χ0v) is 17.9. The third-order valence-corrected chi connectivity index (χ3v) is 5.68. The van der Waals surface area contributed by atoms with Gasteiger partial charge in [0.2, 0.25) is 0 Å². The Labute approximate surface area is 185 Å². The normalized spacial score (nSPS) is 20.1. The van der Waals surface area contributed by atoms with Crippen LogP contribution in [0.5, 0.6) is 0 Å². The maximum Gasteiger partial charge on any atom is 0.148 e. The van der Waals surface area contributed by atoms with Crippen molar-refractivity contribution in [3.63, 3.8) is 0 Å². The molecular formula is C23H25F2N7. The first-order valence-corrected chi connectivity index (χ1v) is 10.4. The minimum absolute atomic E-state index is 0.234. The number of halogens is 2. The summed E-state index contributed by atoms with van der Waals surface area (Å²) < 4.78 is 28.0. The van der Waals surface area contributed by atoms with Gasteiger partial charge < -0.3 is 5.32 Å². The molecule has 7 nitrogen and oxygen atoms in total. The lowest BCUT2D eigenvalue weighted by molar-refractivity contribution is 0.0964. The number of benzene rings is 1. The molecule has 0 saturated heterocycles. The van der Waals surface area contributed by atoms with Crippen LogP contribution in [0.4, 0.5) is 20.3 Å². The number of hydrazine groups is 1. The Morgan fingerprint density at radius 2 is 2.03 bits per heavy atom. The van der Waals surface area contributed by atoms with E-state index >= 15 is 0 Å². The fourth-order valence-electron chi connectivity index (χ4n) is 3.96. The van der Waals surface area contributed by atoms with Gasteiger partial charge in [-0.15, -0.1) is 10.2 Å². The van der Waals surface area contributed by atoms with Crippen LogP contribution >= 0.6 is 0 Å². The average molecular weight is 437 g/mol. The van der Waals surface area contributed by atoms with E-state index in [0.717, 1.165) is 22.5 Å². The van der Waals surface area contributed by atoms with E-state index in [-0.39, 0.29) is 12.8 Å². The molecule has 32 heavy (non-hydrogen) atoms. The topological polar surface area (TPSA) is 87.1 Å². The van der Waals surface area contributed by atoms with Crippen molar-refractivity contribution < 1.29 is 8.78 Å². The highest BCUT2D eigenvalue weighted by molar-refractivity contribution is 5.67. The van der Waals surface area contributed by atoms with Crippen LogP contribution in [0.25, 0.3) is 11.3 Å². The number of rotatable bonds is 8. The third kappa shape index (κ3) is 4.51. The summed E-state index contributed by atoms with van der Waals surface area (Å²) >= 11 is 0. The van der Waals surface area contributed by atoms with Crippen molar-refractivity contribution in [1.29, 1.82) is 0 Å². The van der Waals surface area contributed by atoms with Gasteiger partial charge in [0, 0.05) is 30.8 Å². The van der Waals surface area contributed by atoms with E-state index in [2.05, 4.69) is 36.3 Å². The summed E-state index contributed by atoms with van der Waals surface area (Å²) in [7, 11) is 1.68. The Bertz CT molecular complexity index is 1100. The molecule has 3 aromatic rings. The van der Waals surface area contributed by atoms with E-state index in [0.29, 0.717) is 18.1 Å². The molecule has 1 fully saturated rings. The number of aryl methyl sites for hydroxylation is 1. The van der Waals surface area contributed by atoms with Crippen LogP contribution < -0.4 is 16.2 Å².